The van der Waals surface area contributed by atoms with Gasteiger partial charge < -0.3 is 4.98 Å². The van der Waals surface area contributed by atoms with E-state index in [2.05, 4.69) is 10.4 Å². The van der Waals surface area contributed by atoms with Crippen LogP contribution < -0.4 is 5.43 Å². The van der Waals surface area contributed by atoms with Gasteiger partial charge in [0.1, 0.15) is 0 Å². The number of hydrogen-bond donors (Lipinski definition) is 2. The molecule has 2 rings (SSSR count). The van der Waals surface area contributed by atoms with E-state index in [-0.39, 0.29) is 5.91 Å². The van der Waals surface area contributed by atoms with E-state index >= 15 is 0 Å². The molecule has 4 heteroatoms. The topological polar surface area (TPSA) is 48.1 Å². The van der Waals surface area contributed by atoms with Crippen LogP contribution in [-0.4, -0.2) is 30.0 Å². The molecule has 2 aromatic rings. The first-order chi connectivity index (χ1) is 7.18. The summed E-state index contributed by atoms with van der Waals surface area (Å²) in [5.74, 6) is -0.0924. The van der Waals surface area contributed by atoms with Crippen molar-refractivity contribution >= 4 is 16.8 Å². The Morgan fingerprint density at radius 3 is 2.87 bits per heavy atom. The highest BCUT2D eigenvalue weighted by atomic mass is 16.2. The number of benzene rings is 1. The molecular weight excluding hydrogens is 190 g/mol. The van der Waals surface area contributed by atoms with Gasteiger partial charge in [0, 0.05) is 31.2 Å². The molecule has 0 spiro atoms. The molecule has 1 amide bonds. The van der Waals surface area contributed by atoms with Crippen molar-refractivity contribution in [3.63, 3.8) is 0 Å². The minimum atomic E-state index is -0.0924. The van der Waals surface area contributed by atoms with Crippen LogP contribution in [0, 0.1) is 0 Å². The standard InChI is InChI=1S/C11H13N3O/c1-14(2)13-11(15)9-4-3-5-10-8(9)6-7-12-10/h3-7,12H,1-2H3,(H,13,15). The van der Waals surface area contributed by atoms with Crippen molar-refractivity contribution in [1.82, 2.24) is 15.4 Å². The van der Waals surface area contributed by atoms with Crippen LogP contribution in [0.5, 0.6) is 0 Å². The van der Waals surface area contributed by atoms with Crippen molar-refractivity contribution in [3.8, 4) is 0 Å². The van der Waals surface area contributed by atoms with Gasteiger partial charge in [-0.3, -0.25) is 10.2 Å². The number of aromatic nitrogens is 1. The number of carbonyl (C=O) groups is 1. The van der Waals surface area contributed by atoms with Gasteiger partial charge in [-0.25, -0.2) is 5.01 Å². The number of rotatable bonds is 2. The molecule has 0 aliphatic carbocycles. The molecule has 1 aromatic carbocycles. The lowest BCUT2D eigenvalue weighted by atomic mass is 10.1. The minimum absolute atomic E-state index is 0.0924. The molecule has 0 atom stereocenters. The molecule has 0 unspecified atom stereocenters. The minimum Gasteiger partial charge on any atom is -0.361 e. The van der Waals surface area contributed by atoms with E-state index in [4.69, 9.17) is 0 Å². The number of carbonyl (C=O) groups excluding carboxylic acids is 1. The summed E-state index contributed by atoms with van der Waals surface area (Å²) < 4.78 is 0. The van der Waals surface area contributed by atoms with Crippen molar-refractivity contribution < 1.29 is 4.79 Å². The fourth-order valence-corrected chi connectivity index (χ4v) is 1.55. The molecule has 1 aromatic heterocycles. The Kier molecular flexibility index (Phi) is 2.43. The Hall–Kier alpha value is -1.81. The number of hydrazine groups is 1. The molecule has 0 saturated heterocycles. The lowest BCUT2D eigenvalue weighted by molar-refractivity contribution is 0.0858. The van der Waals surface area contributed by atoms with Crippen LogP contribution in [0.3, 0.4) is 0 Å². The third-order valence-electron chi connectivity index (χ3n) is 2.16. The summed E-state index contributed by atoms with van der Waals surface area (Å²) >= 11 is 0. The summed E-state index contributed by atoms with van der Waals surface area (Å²) in [6, 6.07) is 7.53. The molecule has 0 radical (unpaired) electrons. The summed E-state index contributed by atoms with van der Waals surface area (Å²) in [7, 11) is 3.57. The van der Waals surface area contributed by atoms with Crippen LogP contribution in [0.4, 0.5) is 0 Å². The van der Waals surface area contributed by atoms with Gasteiger partial charge in [-0.1, -0.05) is 6.07 Å². The molecule has 0 aliphatic rings. The first-order valence-corrected chi connectivity index (χ1v) is 4.73. The highest BCUT2D eigenvalue weighted by Gasteiger charge is 2.10. The van der Waals surface area contributed by atoms with Crippen LogP contribution in [0.2, 0.25) is 0 Å². The first kappa shape index (κ1) is 9.73. The van der Waals surface area contributed by atoms with E-state index < -0.39 is 0 Å². The average Bonchev–Trinajstić information content (AvgIpc) is 2.63. The first-order valence-electron chi connectivity index (χ1n) is 4.73. The lowest BCUT2D eigenvalue weighted by Gasteiger charge is -2.12. The molecule has 15 heavy (non-hydrogen) atoms. The number of hydrogen-bond acceptors (Lipinski definition) is 2. The second kappa shape index (κ2) is 3.74. The molecule has 0 bridgehead atoms. The fraction of sp³-hybridized carbons (Fsp3) is 0.182. The maximum absolute atomic E-state index is 11.8. The second-order valence-corrected chi connectivity index (χ2v) is 3.58. The number of H-pyrrole nitrogens is 1. The molecule has 1 heterocycles. The SMILES string of the molecule is CN(C)NC(=O)c1cccc2[nH]ccc12. The van der Waals surface area contributed by atoms with Crippen LogP contribution in [-0.2, 0) is 0 Å². The van der Waals surface area contributed by atoms with E-state index in [9.17, 15) is 4.79 Å². The Balaban J connectivity index is 2.42. The van der Waals surface area contributed by atoms with Gasteiger partial charge in [0.05, 0.1) is 5.56 Å². The quantitative estimate of drug-likeness (QED) is 0.724. The number of nitrogens with zero attached hydrogens (tertiary/aromatic N) is 1. The van der Waals surface area contributed by atoms with E-state index in [1.165, 1.54) is 0 Å². The van der Waals surface area contributed by atoms with Crippen molar-refractivity contribution in [3.05, 3.63) is 36.0 Å². The van der Waals surface area contributed by atoms with Crippen molar-refractivity contribution in [2.24, 2.45) is 0 Å². The Bertz CT molecular complexity index is 487. The lowest BCUT2D eigenvalue weighted by Crippen LogP contribution is -2.36. The van der Waals surface area contributed by atoms with Crippen molar-refractivity contribution in [2.45, 2.75) is 0 Å². The summed E-state index contributed by atoms with van der Waals surface area (Å²) in [4.78, 5) is 14.9. The monoisotopic (exact) mass is 203 g/mol. The van der Waals surface area contributed by atoms with E-state index in [0.717, 1.165) is 10.9 Å². The Labute approximate surface area is 87.9 Å². The van der Waals surface area contributed by atoms with Crippen molar-refractivity contribution in [2.75, 3.05) is 14.1 Å². The molecule has 4 nitrogen and oxygen atoms in total. The second-order valence-electron chi connectivity index (χ2n) is 3.58. The predicted molar refractivity (Wildman–Crippen MR) is 59.5 cm³/mol. The number of nitrogens with one attached hydrogen (secondary N) is 2. The number of amides is 1. The zero-order valence-electron chi connectivity index (χ0n) is 8.74. The Morgan fingerprint density at radius 1 is 1.33 bits per heavy atom. The van der Waals surface area contributed by atoms with E-state index in [1.807, 2.05) is 30.5 Å². The van der Waals surface area contributed by atoms with Gasteiger partial charge >= 0.3 is 0 Å². The van der Waals surface area contributed by atoms with Gasteiger partial charge in [-0.2, -0.15) is 0 Å². The molecule has 0 saturated carbocycles. The van der Waals surface area contributed by atoms with E-state index in [1.54, 1.807) is 19.1 Å². The molecule has 78 valence electrons. The highest BCUT2D eigenvalue weighted by Crippen LogP contribution is 2.16. The van der Waals surface area contributed by atoms with E-state index in [0.29, 0.717) is 5.56 Å². The maximum atomic E-state index is 11.8. The number of fused-ring (bicyclic) bond motifs is 1. The number of aromatic amines is 1. The summed E-state index contributed by atoms with van der Waals surface area (Å²) in [6.07, 6.45) is 1.83. The maximum Gasteiger partial charge on any atom is 0.266 e. The molecule has 2 N–H and O–H groups in total. The summed E-state index contributed by atoms with van der Waals surface area (Å²) in [5.41, 5.74) is 4.38. The third-order valence-corrected chi connectivity index (χ3v) is 2.16. The van der Waals surface area contributed by atoms with Gasteiger partial charge in [0.25, 0.3) is 5.91 Å². The Morgan fingerprint density at radius 2 is 2.13 bits per heavy atom. The van der Waals surface area contributed by atoms with Crippen molar-refractivity contribution in [1.29, 1.82) is 0 Å². The van der Waals surface area contributed by atoms with Gasteiger partial charge in [0.2, 0.25) is 0 Å². The van der Waals surface area contributed by atoms with Crippen LogP contribution in [0.25, 0.3) is 10.9 Å². The largest absolute Gasteiger partial charge is 0.361 e. The normalized spacial score (nSPS) is 10.9. The van der Waals surface area contributed by atoms with Gasteiger partial charge in [-0.15, -0.1) is 0 Å². The summed E-state index contributed by atoms with van der Waals surface area (Å²) in [5, 5.41) is 2.57. The van der Waals surface area contributed by atoms with Gasteiger partial charge in [0.15, 0.2) is 0 Å². The molecule has 0 fully saturated rings. The smallest absolute Gasteiger partial charge is 0.266 e. The average molecular weight is 203 g/mol. The molecular formula is C11H13N3O. The zero-order valence-corrected chi connectivity index (χ0v) is 8.74. The van der Waals surface area contributed by atoms with Gasteiger partial charge in [-0.05, 0) is 18.2 Å². The predicted octanol–water partition coefficient (Wildman–Crippen LogP) is 1.37. The highest BCUT2D eigenvalue weighted by molar-refractivity contribution is 6.06. The van der Waals surface area contributed by atoms with Crippen LogP contribution in [0.15, 0.2) is 30.5 Å². The summed E-state index contributed by atoms with van der Waals surface area (Å²) in [6.45, 7) is 0. The fourth-order valence-electron chi connectivity index (χ4n) is 1.55. The van der Waals surface area contributed by atoms with Crippen LogP contribution >= 0.6 is 0 Å². The van der Waals surface area contributed by atoms with Crippen LogP contribution in [0.1, 0.15) is 10.4 Å². The third kappa shape index (κ3) is 1.85. The molecule has 0 aliphatic heterocycles. The zero-order chi connectivity index (χ0) is 10.8.